The van der Waals surface area contributed by atoms with Gasteiger partial charge in [0.25, 0.3) is 5.91 Å². The highest BCUT2D eigenvalue weighted by atomic mass is 79.9. The normalized spacial score (nSPS) is 16.1. The number of halogens is 1. The molecule has 0 bridgehead atoms. The highest BCUT2D eigenvalue weighted by Gasteiger charge is 2.49. The summed E-state index contributed by atoms with van der Waals surface area (Å²) in [6, 6.07) is 0. The van der Waals surface area contributed by atoms with Gasteiger partial charge in [0.05, 0.1) is 14.8 Å². The van der Waals surface area contributed by atoms with E-state index in [1.54, 1.807) is 0 Å². The molecular weight excluding hydrogens is 332 g/mol. The summed E-state index contributed by atoms with van der Waals surface area (Å²) in [6.07, 6.45) is 1.89. The molecule has 1 heterocycles. The van der Waals surface area contributed by atoms with Crippen LogP contribution in [0.4, 0.5) is 5.00 Å². The molecule has 1 fully saturated rings. The number of hydrogen-bond donors (Lipinski definition) is 3. The Morgan fingerprint density at radius 2 is 2.16 bits per heavy atom. The second kappa shape index (κ2) is 5.13. The van der Waals surface area contributed by atoms with Crippen LogP contribution in [0.15, 0.2) is 4.47 Å². The average molecular weight is 347 g/mol. The Labute approximate surface area is 123 Å². The summed E-state index contributed by atoms with van der Waals surface area (Å²) in [4.78, 5) is 23.6. The van der Waals surface area contributed by atoms with E-state index in [1.165, 1.54) is 11.3 Å². The highest BCUT2D eigenvalue weighted by molar-refractivity contribution is 9.10. The van der Waals surface area contributed by atoms with Gasteiger partial charge in [-0.25, -0.2) is 0 Å². The SMILES string of the molecule is Cc1c(C(=O)NCCC2(C(=O)O)CC2)sc(N)c1Br. The molecule has 0 aromatic carbocycles. The topological polar surface area (TPSA) is 92.4 Å². The average Bonchev–Trinajstić information content (AvgIpc) is 3.10. The van der Waals surface area contributed by atoms with E-state index < -0.39 is 11.4 Å². The van der Waals surface area contributed by atoms with Crippen molar-refractivity contribution in [3.8, 4) is 0 Å². The van der Waals surface area contributed by atoms with Crippen LogP contribution < -0.4 is 11.1 Å². The van der Waals surface area contributed by atoms with Crippen molar-refractivity contribution in [3.05, 3.63) is 14.9 Å². The predicted molar refractivity (Wildman–Crippen MR) is 77.4 cm³/mol. The van der Waals surface area contributed by atoms with Gasteiger partial charge in [0.1, 0.15) is 5.00 Å². The molecule has 19 heavy (non-hydrogen) atoms. The third-order valence-electron chi connectivity index (χ3n) is 3.50. The number of nitrogens with two attached hydrogens (primary N) is 1. The van der Waals surface area contributed by atoms with E-state index in [1.807, 2.05) is 6.92 Å². The lowest BCUT2D eigenvalue weighted by atomic mass is 10.0. The van der Waals surface area contributed by atoms with Crippen LogP contribution >= 0.6 is 27.3 Å². The molecule has 2 rings (SSSR count). The first-order valence-electron chi connectivity index (χ1n) is 5.93. The first-order chi connectivity index (χ1) is 8.87. The molecule has 0 radical (unpaired) electrons. The number of anilines is 1. The van der Waals surface area contributed by atoms with Crippen LogP contribution in [-0.4, -0.2) is 23.5 Å². The van der Waals surface area contributed by atoms with Gasteiger partial charge in [0.15, 0.2) is 0 Å². The zero-order valence-electron chi connectivity index (χ0n) is 10.5. The van der Waals surface area contributed by atoms with Crippen LogP contribution in [0, 0.1) is 12.3 Å². The minimum atomic E-state index is -0.763. The maximum atomic E-state index is 12.0. The van der Waals surface area contributed by atoms with Gasteiger partial charge in [-0.2, -0.15) is 0 Å². The minimum Gasteiger partial charge on any atom is -0.481 e. The second-order valence-corrected chi connectivity index (χ2v) is 6.67. The molecule has 0 aliphatic heterocycles. The quantitative estimate of drug-likeness (QED) is 0.763. The van der Waals surface area contributed by atoms with E-state index >= 15 is 0 Å². The van der Waals surface area contributed by atoms with E-state index in [4.69, 9.17) is 10.8 Å². The van der Waals surface area contributed by atoms with Gasteiger partial charge in [-0.15, -0.1) is 11.3 Å². The van der Waals surface area contributed by atoms with E-state index in [0.29, 0.717) is 35.7 Å². The summed E-state index contributed by atoms with van der Waals surface area (Å²) in [7, 11) is 0. The fourth-order valence-corrected chi connectivity index (χ4v) is 3.40. The summed E-state index contributed by atoms with van der Waals surface area (Å²) < 4.78 is 0.756. The lowest BCUT2D eigenvalue weighted by molar-refractivity contribution is -0.143. The van der Waals surface area contributed by atoms with E-state index in [2.05, 4.69) is 21.2 Å². The Morgan fingerprint density at radius 3 is 2.58 bits per heavy atom. The van der Waals surface area contributed by atoms with Crippen LogP contribution in [0.2, 0.25) is 0 Å². The largest absolute Gasteiger partial charge is 0.481 e. The molecule has 0 unspecified atom stereocenters. The molecule has 1 aromatic rings. The van der Waals surface area contributed by atoms with Gasteiger partial charge >= 0.3 is 5.97 Å². The molecule has 1 aliphatic carbocycles. The molecular formula is C12H15BrN2O3S. The fraction of sp³-hybridized carbons (Fsp3) is 0.500. The van der Waals surface area contributed by atoms with Gasteiger partial charge in [0.2, 0.25) is 0 Å². The minimum absolute atomic E-state index is 0.193. The molecule has 104 valence electrons. The van der Waals surface area contributed by atoms with Crippen molar-refractivity contribution < 1.29 is 14.7 Å². The molecule has 5 nitrogen and oxygen atoms in total. The molecule has 1 saturated carbocycles. The second-order valence-electron chi connectivity index (χ2n) is 4.83. The zero-order chi connectivity index (χ0) is 14.2. The summed E-state index contributed by atoms with van der Waals surface area (Å²) in [6.45, 7) is 2.20. The third-order valence-corrected chi connectivity index (χ3v) is 5.90. The van der Waals surface area contributed by atoms with Gasteiger partial charge in [-0.3, -0.25) is 9.59 Å². The fourth-order valence-electron chi connectivity index (χ4n) is 1.95. The van der Waals surface area contributed by atoms with E-state index in [0.717, 1.165) is 10.0 Å². The number of nitrogens with one attached hydrogen (secondary N) is 1. The first-order valence-corrected chi connectivity index (χ1v) is 7.54. The van der Waals surface area contributed by atoms with Crippen molar-refractivity contribution in [1.82, 2.24) is 5.32 Å². The number of nitrogen functional groups attached to an aromatic ring is 1. The summed E-state index contributed by atoms with van der Waals surface area (Å²) >= 11 is 4.56. The monoisotopic (exact) mass is 346 g/mol. The molecule has 0 saturated heterocycles. The number of carbonyl (C=O) groups is 2. The molecule has 0 atom stereocenters. The number of rotatable bonds is 5. The summed E-state index contributed by atoms with van der Waals surface area (Å²) in [5, 5.41) is 12.4. The lowest BCUT2D eigenvalue weighted by Crippen LogP contribution is -2.28. The van der Waals surface area contributed by atoms with Crippen molar-refractivity contribution in [2.45, 2.75) is 26.2 Å². The third kappa shape index (κ3) is 2.76. The van der Waals surface area contributed by atoms with Crippen molar-refractivity contribution in [1.29, 1.82) is 0 Å². The Bertz CT molecular complexity index is 537. The van der Waals surface area contributed by atoms with E-state index in [9.17, 15) is 9.59 Å². The van der Waals surface area contributed by atoms with Gasteiger partial charge in [-0.05, 0) is 47.7 Å². The number of amides is 1. The van der Waals surface area contributed by atoms with Crippen LogP contribution in [0.1, 0.15) is 34.5 Å². The summed E-state index contributed by atoms with van der Waals surface area (Å²) in [5.74, 6) is -0.956. The Hall–Kier alpha value is -1.08. The predicted octanol–water partition coefficient (Wildman–Crippen LogP) is 2.39. The number of thiophene rings is 1. The van der Waals surface area contributed by atoms with Crippen molar-refractivity contribution in [2.75, 3.05) is 12.3 Å². The smallest absolute Gasteiger partial charge is 0.309 e. The number of carboxylic acid groups (broad SMARTS) is 1. The standard InChI is InChI=1S/C12H15BrN2O3S/c1-6-7(13)9(14)19-8(6)10(16)15-5-4-12(2-3-12)11(17)18/h2-5,14H2,1H3,(H,15,16)(H,17,18). The number of carboxylic acids is 1. The van der Waals surface area contributed by atoms with Crippen molar-refractivity contribution in [2.24, 2.45) is 5.41 Å². The Balaban J connectivity index is 1.92. The van der Waals surface area contributed by atoms with Gasteiger partial charge in [0, 0.05) is 6.54 Å². The Morgan fingerprint density at radius 1 is 1.53 bits per heavy atom. The molecule has 1 aromatic heterocycles. The van der Waals surface area contributed by atoms with Gasteiger partial charge in [-0.1, -0.05) is 0 Å². The van der Waals surface area contributed by atoms with Crippen molar-refractivity contribution >= 4 is 44.1 Å². The molecule has 7 heteroatoms. The molecule has 1 aliphatic rings. The maximum absolute atomic E-state index is 12.0. The summed E-state index contributed by atoms with van der Waals surface area (Å²) in [5.41, 5.74) is 5.96. The molecule has 0 spiro atoms. The van der Waals surface area contributed by atoms with Crippen LogP contribution in [0.25, 0.3) is 0 Å². The van der Waals surface area contributed by atoms with Crippen LogP contribution in [0.5, 0.6) is 0 Å². The van der Waals surface area contributed by atoms with Gasteiger partial charge < -0.3 is 16.2 Å². The lowest BCUT2D eigenvalue weighted by Gasteiger charge is -2.10. The first kappa shape index (κ1) is 14.3. The maximum Gasteiger partial charge on any atom is 0.309 e. The number of hydrogen-bond acceptors (Lipinski definition) is 4. The zero-order valence-corrected chi connectivity index (χ0v) is 12.9. The highest BCUT2D eigenvalue weighted by Crippen LogP contribution is 2.48. The molecule has 4 N–H and O–H groups in total. The van der Waals surface area contributed by atoms with Crippen molar-refractivity contribution in [3.63, 3.8) is 0 Å². The van der Waals surface area contributed by atoms with E-state index in [-0.39, 0.29) is 5.91 Å². The molecule has 1 amide bonds. The number of carbonyl (C=O) groups excluding carboxylic acids is 1. The van der Waals surface area contributed by atoms with Crippen LogP contribution in [-0.2, 0) is 4.79 Å². The van der Waals surface area contributed by atoms with Crippen LogP contribution in [0.3, 0.4) is 0 Å². The number of aliphatic carboxylic acids is 1. The Kier molecular flexibility index (Phi) is 3.87.